The van der Waals surface area contributed by atoms with Gasteiger partial charge in [0, 0.05) is 47.1 Å². The Morgan fingerprint density at radius 2 is 0.604 bits per heavy atom. The van der Waals surface area contributed by atoms with Crippen LogP contribution in [-0.4, -0.2) is 21.6 Å². The summed E-state index contributed by atoms with van der Waals surface area (Å²) in [5.41, 5.74) is 5.71. The van der Waals surface area contributed by atoms with E-state index in [-0.39, 0.29) is 11.8 Å². The van der Waals surface area contributed by atoms with Crippen LogP contribution in [0.1, 0.15) is 43.0 Å². The molecular formula is C42H36N2O2S2. The van der Waals surface area contributed by atoms with Gasteiger partial charge in [-0.15, -0.1) is 0 Å². The smallest absolute Gasteiger partial charge is 0.254 e. The zero-order valence-corrected chi connectivity index (χ0v) is 28.2. The lowest BCUT2D eigenvalue weighted by molar-refractivity contribution is 0.0723. The van der Waals surface area contributed by atoms with E-state index in [0.29, 0.717) is 37.3 Å². The molecule has 0 atom stereocenters. The van der Waals surface area contributed by atoms with Crippen molar-refractivity contribution in [3.05, 3.63) is 203 Å². The summed E-state index contributed by atoms with van der Waals surface area (Å²) in [6, 6.07) is 56.0. The topological polar surface area (TPSA) is 40.6 Å². The van der Waals surface area contributed by atoms with Crippen LogP contribution in [0.4, 0.5) is 0 Å². The van der Waals surface area contributed by atoms with Crippen molar-refractivity contribution in [1.29, 1.82) is 0 Å². The quantitative estimate of drug-likeness (QED) is 0.115. The van der Waals surface area contributed by atoms with E-state index in [4.69, 9.17) is 0 Å². The first-order chi connectivity index (χ1) is 23.6. The molecule has 0 fully saturated rings. The van der Waals surface area contributed by atoms with Crippen LogP contribution < -0.4 is 0 Å². The van der Waals surface area contributed by atoms with E-state index in [2.05, 4.69) is 48.5 Å². The van der Waals surface area contributed by atoms with Crippen molar-refractivity contribution in [2.75, 3.05) is 0 Å². The lowest BCUT2D eigenvalue weighted by Crippen LogP contribution is -2.30. The van der Waals surface area contributed by atoms with Crippen molar-refractivity contribution in [3.8, 4) is 0 Å². The van der Waals surface area contributed by atoms with Gasteiger partial charge in [0.1, 0.15) is 0 Å². The van der Waals surface area contributed by atoms with Gasteiger partial charge in [-0.25, -0.2) is 0 Å². The molecule has 0 unspecified atom stereocenters. The number of hydrogen-bond acceptors (Lipinski definition) is 4. The average Bonchev–Trinajstić information content (AvgIpc) is 3.15. The molecule has 0 bridgehead atoms. The van der Waals surface area contributed by atoms with Gasteiger partial charge in [-0.1, -0.05) is 143 Å². The minimum Gasteiger partial charge on any atom is -0.330 e. The molecule has 0 radical (unpaired) electrons. The van der Waals surface area contributed by atoms with E-state index in [0.717, 1.165) is 32.0 Å². The Labute approximate surface area is 290 Å². The standard InChI is InChI=1S/C42H36N2O2S2/c45-41(43(29-33-13-5-1-6-14-33)30-34-15-7-2-8-16-34)37-21-25-39(26-22-37)47-48-40-27-23-38(24-28-40)42(46)44(31-35-17-9-3-10-18-35)32-36-19-11-4-12-20-36/h1-28H,29-32H2. The van der Waals surface area contributed by atoms with Gasteiger partial charge < -0.3 is 9.80 Å². The summed E-state index contributed by atoms with van der Waals surface area (Å²) in [7, 11) is 3.26. The van der Waals surface area contributed by atoms with Crippen LogP contribution in [0, 0.1) is 0 Å². The summed E-state index contributed by atoms with van der Waals surface area (Å²) in [4.78, 5) is 33.2. The SMILES string of the molecule is O=C(c1ccc(SSc2ccc(C(=O)N(Cc3ccccc3)Cc3ccccc3)cc2)cc1)N(Cc1ccccc1)Cc1ccccc1. The van der Waals surface area contributed by atoms with E-state index >= 15 is 0 Å². The average molecular weight is 665 g/mol. The van der Waals surface area contributed by atoms with E-state index in [1.807, 2.05) is 131 Å². The molecule has 0 aromatic heterocycles. The van der Waals surface area contributed by atoms with Crippen LogP contribution in [0.15, 0.2) is 180 Å². The Kier molecular flexibility index (Phi) is 11.4. The van der Waals surface area contributed by atoms with Crippen molar-refractivity contribution in [2.24, 2.45) is 0 Å². The molecule has 0 N–H and O–H groups in total. The number of amides is 2. The first-order valence-corrected chi connectivity index (χ1v) is 18.0. The summed E-state index contributed by atoms with van der Waals surface area (Å²) >= 11 is 0. The molecule has 6 aromatic rings. The molecule has 0 aliphatic heterocycles. The summed E-state index contributed by atoms with van der Waals surface area (Å²) in [6.07, 6.45) is 0. The van der Waals surface area contributed by atoms with Gasteiger partial charge in [0.2, 0.25) is 0 Å². The number of hydrogen-bond donors (Lipinski definition) is 0. The summed E-state index contributed by atoms with van der Waals surface area (Å²) in [5.74, 6) is 0.00137. The molecule has 238 valence electrons. The minimum absolute atomic E-state index is 0.000683. The molecule has 0 saturated heterocycles. The Morgan fingerprint density at radius 1 is 0.354 bits per heavy atom. The largest absolute Gasteiger partial charge is 0.330 e. The summed E-state index contributed by atoms with van der Waals surface area (Å²) in [5, 5.41) is 0. The van der Waals surface area contributed by atoms with Gasteiger partial charge in [-0.3, -0.25) is 9.59 Å². The fourth-order valence-electron chi connectivity index (χ4n) is 5.38. The highest BCUT2D eigenvalue weighted by Crippen LogP contribution is 2.37. The summed E-state index contributed by atoms with van der Waals surface area (Å²) < 4.78 is 0. The van der Waals surface area contributed by atoms with Crippen LogP contribution >= 0.6 is 21.6 Å². The first-order valence-electron chi connectivity index (χ1n) is 15.9. The number of carbonyl (C=O) groups is 2. The van der Waals surface area contributed by atoms with Gasteiger partial charge in [-0.05, 0) is 70.8 Å². The monoisotopic (exact) mass is 664 g/mol. The normalized spacial score (nSPS) is 10.8. The molecule has 2 amide bonds. The Hall–Kier alpha value is -5.04. The predicted molar refractivity (Wildman–Crippen MR) is 198 cm³/mol. The van der Waals surface area contributed by atoms with Gasteiger partial charge in [-0.2, -0.15) is 0 Å². The van der Waals surface area contributed by atoms with Gasteiger partial charge >= 0.3 is 0 Å². The molecule has 48 heavy (non-hydrogen) atoms. The predicted octanol–water partition coefficient (Wildman–Crippen LogP) is 10.2. The van der Waals surface area contributed by atoms with Crippen molar-refractivity contribution >= 4 is 33.4 Å². The van der Waals surface area contributed by atoms with Gasteiger partial charge in [0.25, 0.3) is 11.8 Å². The van der Waals surface area contributed by atoms with Crippen molar-refractivity contribution < 1.29 is 9.59 Å². The molecule has 6 rings (SSSR count). The highest BCUT2D eigenvalue weighted by atomic mass is 33.1. The van der Waals surface area contributed by atoms with Crippen molar-refractivity contribution in [2.45, 2.75) is 36.0 Å². The van der Waals surface area contributed by atoms with E-state index in [1.54, 1.807) is 21.6 Å². The molecule has 0 aliphatic carbocycles. The van der Waals surface area contributed by atoms with Crippen LogP contribution in [0.25, 0.3) is 0 Å². The molecule has 0 saturated carbocycles. The van der Waals surface area contributed by atoms with Crippen LogP contribution in [0.3, 0.4) is 0 Å². The maximum Gasteiger partial charge on any atom is 0.254 e. The number of rotatable bonds is 13. The third-order valence-electron chi connectivity index (χ3n) is 7.88. The molecule has 0 heterocycles. The highest BCUT2D eigenvalue weighted by molar-refractivity contribution is 8.76. The van der Waals surface area contributed by atoms with Crippen LogP contribution in [0.5, 0.6) is 0 Å². The fraction of sp³-hybridized carbons (Fsp3) is 0.0952. The molecule has 0 spiro atoms. The first kappa shape index (κ1) is 32.9. The molecular weight excluding hydrogens is 629 g/mol. The molecule has 6 heteroatoms. The molecule has 0 aliphatic rings. The number of benzene rings is 6. The lowest BCUT2D eigenvalue weighted by Gasteiger charge is -2.23. The third kappa shape index (κ3) is 9.28. The third-order valence-corrected chi connectivity index (χ3v) is 10.3. The zero-order valence-electron chi connectivity index (χ0n) is 26.5. The van der Waals surface area contributed by atoms with Crippen LogP contribution in [-0.2, 0) is 26.2 Å². The second kappa shape index (κ2) is 16.7. The second-order valence-electron chi connectivity index (χ2n) is 11.5. The van der Waals surface area contributed by atoms with E-state index in [1.165, 1.54) is 0 Å². The minimum atomic E-state index is 0.000683. The highest BCUT2D eigenvalue weighted by Gasteiger charge is 2.18. The lowest BCUT2D eigenvalue weighted by atomic mass is 10.1. The van der Waals surface area contributed by atoms with Gasteiger partial charge in [0.05, 0.1) is 0 Å². The molecule has 6 aromatic carbocycles. The summed E-state index contributed by atoms with van der Waals surface area (Å²) in [6.45, 7) is 2.15. The van der Waals surface area contributed by atoms with E-state index < -0.39 is 0 Å². The van der Waals surface area contributed by atoms with E-state index in [9.17, 15) is 9.59 Å². The fourth-order valence-corrected chi connectivity index (χ4v) is 7.31. The van der Waals surface area contributed by atoms with Gasteiger partial charge in [0.15, 0.2) is 0 Å². The van der Waals surface area contributed by atoms with Crippen LogP contribution in [0.2, 0.25) is 0 Å². The Balaban J connectivity index is 1.08. The number of carbonyl (C=O) groups excluding carboxylic acids is 2. The van der Waals surface area contributed by atoms with Crippen molar-refractivity contribution in [3.63, 3.8) is 0 Å². The maximum absolute atomic E-state index is 13.7. The Bertz CT molecular complexity index is 1660. The van der Waals surface area contributed by atoms with Crippen molar-refractivity contribution in [1.82, 2.24) is 9.80 Å². The number of nitrogens with zero attached hydrogens (tertiary/aromatic N) is 2. The maximum atomic E-state index is 13.7. The zero-order chi connectivity index (χ0) is 33.0. The molecule has 4 nitrogen and oxygen atoms in total. The second-order valence-corrected chi connectivity index (χ2v) is 13.8. The Morgan fingerprint density at radius 3 is 0.854 bits per heavy atom.